The predicted octanol–water partition coefficient (Wildman–Crippen LogP) is 7.25. The van der Waals surface area contributed by atoms with Crippen molar-refractivity contribution >= 4 is 11.8 Å². The highest BCUT2D eigenvalue weighted by Crippen LogP contribution is 2.28. The molecule has 27 heavy (non-hydrogen) atoms. The largest absolute Gasteiger partial charge is 0.378 e. The van der Waals surface area contributed by atoms with Crippen LogP contribution >= 0.6 is 11.8 Å². The van der Waals surface area contributed by atoms with Gasteiger partial charge in [-0.25, -0.2) is 0 Å². The van der Waals surface area contributed by atoms with Crippen LogP contribution in [0.15, 0.2) is 0 Å². The molecule has 2 fully saturated rings. The van der Waals surface area contributed by atoms with E-state index in [-0.39, 0.29) is 0 Å². The van der Waals surface area contributed by atoms with Crippen molar-refractivity contribution < 1.29 is 9.47 Å². The second kappa shape index (κ2) is 15.2. The summed E-state index contributed by atoms with van der Waals surface area (Å²) >= 11 is 2.18. The van der Waals surface area contributed by atoms with Crippen LogP contribution in [0.2, 0.25) is 0 Å². The van der Waals surface area contributed by atoms with Gasteiger partial charge in [-0.2, -0.15) is 11.8 Å². The lowest BCUT2D eigenvalue weighted by Gasteiger charge is -2.21. The van der Waals surface area contributed by atoms with Crippen LogP contribution in [-0.2, 0) is 9.47 Å². The third-order valence-corrected chi connectivity index (χ3v) is 7.91. The zero-order valence-electron chi connectivity index (χ0n) is 18.3. The molecule has 0 aliphatic carbocycles. The second-order valence-electron chi connectivity index (χ2n) is 8.75. The van der Waals surface area contributed by atoms with Gasteiger partial charge in [0, 0.05) is 13.2 Å². The van der Waals surface area contributed by atoms with Crippen molar-refractivity contribution in [1.82, 2.24) is 0 Å². The fourth-order valence-corrected chi connectivity index (χ4v) is 5.95. The molecule has 2 heterocycles. The van der Waals surface area contributed by atoms with Gasteiger partial charge in [-0.1, -0.05) is 52.4 Å². The van der Waals surface area contributed by atoms with Gasteiger partial charge in [0.1, 0.15) is 0 Å². The maximum absolute atomic E-state index is 5.89. The lowest BCUT2D eigenvalue weighted by molar-refractivity contribution is 0.0568. The van der Waals surface area contributed by atoms with Crippen LogP contribution in [0.3, 0.4) is 0 Å². The molecule has 0 spiro atoms. The molecule has 0 saturated carbocycles. The van der Waals surface area contributed by atoms with E-state index < -0.39 is 0 Å². The predicted molar refractivity (Wildman–Crippen MR) is 120 cm³/mol. The van der Waals surface area contributed by atoms with E-state index in [1.54, 1.807) is 0 Å². The average molecular weight is 399 g/mol. The second-order valence-corrected chi connectivity index (χ2v) is 9.98. The van der Waals surface area contributed by atoms with Crippen molar-refractivity contribution in [2.45, 2.75) is 116 Å². The normalized spacial score (nSPS) is 25.1. The summed E-state index contributed by atoms with van der Waals surface area (Å²) in [5.41, 5.74) is 0. The van der Waals surface area contributed by atoms with Gasteiger partial charge in [-0.05, 0) is 74.7 Å². The third kappa shape index (κ3) is 9.54. The number of rotatable bonds is 16. The molecule has 0 aromatic heterocycles. The van der Waals surface area contributed by atoms with E-state index in [1.165, 1.54) is 101 Å². The van der Waals surface area contributed by atoms with Gasteiger partial charge in [0.15, 0.2) is 0 Å². The Bertz CT molecular complexity index is 305. The average Bonchev–Trinajstić information content (AvgIpc) is 3.40. The molecule has 0 aromatic rings. The molecule has 3 heteroatoms. The van der Waals surface area contributed by atoms with Crippen molar-refractivity contribution in [3.8, 4) is 0 Å². The molecule has 2 saturated heterocycles. The monoisotopic (exact) mass is 398 g/mol. The van der Waals surface area contributed by atoms with Crippen molar-refractivity contribution in [2.24, 2.45) is 11.8 Å². The lowest BCUT2D eigenvalue weighted by atomic mass is 9.91. The molecule has 160 valence electrons. The minimum Gasteiger partial charge on any atom is -0.378 e. The summed E-state index contributed by atoms with van der Waals surface area (Å²) in [5, 5.41) is 0. The summed E-state index contributed by atoms with van der Waals surface area (Å²) in [4.78, 5) is 0. The van der Waals surface area contributed by atoms with E-state index in [4.69, 9.17) is 9.47 Å². The maximum atomic E-state index is 5.89. The first kappa shape index (κ1) is 23.5. The van der Waals surface area contributed by atoms with Crippen LogP contribution in [0, 0.1) is 11.8 Å². The van der Waals surface area contributed by atoms with Gasteiger partial charge >= 0.3 is 0 Å². The van der Waals surface area contributed by atoms with E-state index in [1.807, 2.05) is 0 Å². The first-order chi connectivity index (χ1) is 13.3. The fourth-order valence-electron chi connectivity index (χ4n) is 4.93. The fraction of sp³-hybridized carbons (Fsp3) is 1.00. The minimum absolute atomic E-state index is 0.580. The Morgan fingerprint density at radius 2 is 1.19 bits per heavy atom. The van der Waals surface area contributed by atoms with Crippen LogP contribution in [0.25, 0.3) is 0 Å². The first-order valence-electron chi connectivity index (χ1n) is 12.2. The number of unbranched alkanes of at least 4 members (excludes halogenated alkanes) is 4. The van der Waals surface area contributed by atoms with Crippen LogP contribution in [0.4, 0.5) is 0 Å². The van der Waals surface area contributed by atoms with Crippen LogP contribution in [0.5, 0.6) is 0 Å². The summed E-state index contributed by atoms with van der Waals surface area (Å²) in [5.74, 6) is 4.37. The quantitative estimate of drug-likeness (QED) is 0.255. The van der Waals surface area contributed by atoms with E-state index in [0.717, 1.165) is 25.0 Å². The van der Waals surface area contributed by atoms with E-state index >= 15 is 0 Å². The van der Waals surface area contributed by atoms with Crippen molar-refractivity contribution in [3.05, 3.63) is 0 Å². The SMILES string of the molecule is CCC(CCCCCSCCCCCC(CC)C1CCCO1)C1CCCO1. The Balaban J connectivity index is 1.35. The van der Waals surface area contributed by atoms with Gasteiger partial charge in [-0.3, -0.25) is 0 Å². The van der Waals surface area contributed by atoms with Gasteiger partial charge in [-0.15, -0.1) is 0 Å². The molecule has 4 unspecified atom stereocenters. The topological polar surface area (TPSA) is 18.5 Å². The standard InChI is InChI=1S/C24H46O2S/c1-3-21(23-15-11-17-25-23)13-7-5-9-19-27-20-10-6-8-14-22(4-2)24-16-12-18-26-24/h21-24H,3-20H2,1-2H3. The van der Waals surface area contributed by atoms with Gasteiger partial charge < -0.3 is 9.47 Å². The Morgan fingerprint density at radius 3 is 1.56 bits per heavy atom. The molecule has 0 aromatic carbocycles. The highest BCUT2D eigenvalue weighted by atomic mass is 32.2. The Morgan fingerprint density at radius 1 is 0.704 bits per heavy atom. The number of thioether (sulfide) groups is 1. The van der Waals surface area contributed by atoms with Crippen molar-refractivity contribution in [3.63, 3.8) is 0 Å². The summed E-state index contributed by atoms with van der Waals surface area (Å²) < 4.78 is 11.8. The summed E-state index contributed by atoms with van der Waals surface area (Å²) in [6, 6.07) is 0. The summed E-state index contributed by atoms with van der Waals surface area (Å²) in [7, 11) is 0. The van der Waals surface area contributed by atoms with Gasteiger partial charge in [0.2, 0.25) is 0 Å². The van der Waals surface area contributed by atoms with Crippen molar-refractivity contribution in [1.29, 1.82) is 0 Å². The number of hydrogen-bond donors (Lipinski definition) is 0. The molecule has 0 N–H and O–H groups in total. The lowest BCUT2D eigenvalue weighted by Crippen LogP contribution is -2.18. The van der Waals surface area contributed by atoms with E-state index in [0.29, 0.717) is 12.2 Å². The zero-order chi connectivity index (χ0) is 19.2. The third-order valence-electron chi connectivity index (χ3n) is 6.76. The molecule has 2 aliphatic rings. The Kier molecular flexibility index (Phi) is 13.2. The Hall–Kier alpha value is 0.270. The van der Waals surface area contributed by atoms with Crippen LogP contribution < -0.4 is 0 Å². The highest BCUT2D eigenvalue weighted by Gasteiger charge is 2.24. The molecular formula is C24H46O2S. The molecule has 0 bridgehead atoms. The van der Waals surface area contributed by atoms with Crippen molar-refractivity contribution in [2.75, 3.05) is 24.7 Å². The molecular weight excluding hydrogens is 352 g/mol. The Labute approximate surface area is 173 Å². The van der Waals surface area contributed by atoms with E-state index in [9.17, 15) is 0 Å². The zero-order valence-corrected chi connectivity index (χ0v) is 19.1. The van der Waals surface area contributed by atoms with Crippen LogP contribution in [0.1, 0.15) is 104 Å². The first-order valence-corrected chi connectivity index (χ1v) is 13.3. The molecule has 0 amide bonds. The summed E-state index contributed by atoms with van der Waals surface area (Å²) in [6.07, 6.45) is 20.1. The maximum Gasteiger partial charge on any atom is 0.0604 e. The molecule has 2 rings (SSSR count). The molecule has 2 nitrogen and oxygen atoms in total. The minimum atomic E-state index is 0.580. The highest BCUT2D eigenvalue weighted by molar-refractivity contribution is 7.99. The molecule has 4 atom stereocenters. The summed E-state index contributed by atoms with van der Waals surface area (Å²) in [6.45, 7) is 6.69. The van der Waals surface area contributed by atoms with E-state index in [2.05, 4.69) is 25.6 Å². The van der Waals surface area contributed by atoms with Crippen LogP contribution in [-0.4, -0.2) is 36.9 Å². The molecule has 0 radical (unpaired) electrons. The smallest absolute Gasteiger partial charge is 0.0604 e. The molecule has 2 aliphatic heterocycles. The number of ether oxygens (including phenoxy) is 2. The number of hydrogen-bond acceptors (Lipinski definition) is 3. The van der Waals surface area contributed by atoms with Gasteiger partial charge in [0.05, 0.1) is 12.2 Å². The van der Waals surface area contributed by atoms with Gasteiger partial charge in [0.25, 0.3) is 0 Å².